The lowest BCUT2D eigenvalue weighted by atomic mass is 9.92. The summed E-state index contributed by atoms with van der Waals surface area (Å²) in [6.45, 7) is 2.82. The van der Waals surface area contributed by atoms with Crippen molar-refractivity contribution in [3.05, 3.63) is 93.3 Å². The Bertz CT molecular complexity index is 1110. The highest BCUT2D eigenvalue weighted by Crippen LogP contribution is 2.39. The summed E-state index contributed by atoms with van der Waals surface area (Å²) in [6.07, 6.45) is 0.874. The number of hydrogen-bond donors (Lipinski definition) is 1. The minimum Gasteiger partial charge on any atom is -0.356 e. The highest BCUT2D eigenvalue weighted by Gasteiger charge is 2.35. The normalized spacial score (nSPS) is 16.5. The summed E-state index contributed by atoms with van der Waals surface area (Å²) in [5.41, 5.74) is 6.01. The number of nitrogens with zero attached hydrogens (tertiary/aromatic N) is 1. The van der Waals surface area contributed by atoms with Crippen molar-refractivity contribution >= 4 is 28.1 Å². The topological polar surface area (TPSA) is 36.1 Å². The van der Waals surface area contributed by atoms with Crippen LogP contribution in [-0.4, -0.2) is 22.3 Å². The number of rotatable bonds is 2. The van der Waals surface area contributed by atoms with Gasteiger partial charge in [-0.15, -0.1) is 11.3 Å². The number of H-pyrrole nitrogens is 1. The zero-order valence-corrected chi connectivity index (χ0v) is 15.9. The third-order valence-electron chi connectivity index (χ3n) is 5.42. The van der Waals surface area contributed by atoms with E-state index in [-0.39, 0.29) is 11.9 Å². The van der Waals surface area contributed by atoms with Crippen LogP contribution in [0.1, 0.15) is 38.1 Å². The van der Waals surface area contributed by atoms with Crippen molar-refractivity contribution in [2.24, 2.45) is 0 Å². The van der Waals surface area contributed by atoms with Crippen LogP contribution in [0.3, 0.4) is 0 Å². The van der Waals surface area contributed by atoms with E-state index in [9.17, 15) is 4.79 Å². The molecule has 5 rings (SSSR count). The average molecular weight is 372 g/mol. The third kappa shape index (κ3) is 2.68. The van der Waals surface area contributed by atoms with Gasteiger partial charge in [0.05, 0.1) is 10.9 Å². The molecule has 1 atom stereocenters. The second kappa shape index (κ2) is 6.39. The Labute approximate surface area is 162 Å². The molecule has 1 aliphatic rings. The summed E-state index contributed by atoms with van der Waals surface area (Å²) in [7, 11) is 0. The van der Waals surface area contributed by atoms with Gasteiger partial charge in [-0.2, -0.15) is 0 Å². The van der Waals surface area contributed by atoms with Crippen LogP contribution in [0.15, 0.2) is 66.0 Å². The molecule has 1 aliphatic heterocycles. The average Bonchev–Trinajstić information content (AvgIpc) is 3.35. The number of aryl methyl sites for hydroxylation is 1. The second-order valence-corrected chi connectivity index (χ2v) is 8.05. The molecule has 0 radical (unpaired) electrons. The molecule has 3 nitrogen and oxygen atoms in total. The SMILES string of the molecule is Cc1ccc(C2c3[nH]c4ccccc4c3CCN2C(=O)c2cccs2)cc1. The Kier molecular flexibility index (Phi) is 3.87. The highest BCUT2D eigenvalue weighted by atomic mass is 32.1. The first kappa shape index (κ1) is 16.3. The van der Waals surface area contributed by atoms with Crippen molar-refractivity contribution in [1.29, 1.82) is 0 Å². The third-order valence-corrected chi connectivity index (χ3v) is 6.28. The van der Waals surface area contributed by atoms with Crippen LogP contribution in [0.2, 0.25) is 0 Å². The molecule has 134 valence electrons. The van der Waals surface area contributed by atoms with Crippen molar-refractivity contribution in [1.82, 2.24) is 9.88 Å². The second-order valence-electron chi connectivity index (χ2n) is 7.10. The molecule has 0 bridgehead atoms. The fraction of sp³-hybridized carbons (Fsp3) is 0.174. The van der Waals surface area contributed by atoms with Crippen LogP contribution < -0.4 is 0 Å². The molecule has 3 heterocycles. The zero-order valence-electron chi connectivity index (χ0n) is 15.1. The Hall–Kier alpha value is -2.85. The predicted octanol–water partition coefficient (Wildman–Crippen LogP) is 5.33. The first-order valence-corrected chi connectivity index (χ1v) is 10.1. The maximum Gasteiger partial charge on any atom is 0.264 e. The maximum atomic E-state index is 13.3. The van der Waals surface area contributed by atoms with Crippen molar-refractivity contribution in [3.63, 3.8) is 0 Å². The number of aromatic amines is 1. The lowest BCUT2D eigenvalue weighted by Crippen LogP contribution is -2.40. The van der Waals surface area contributed by atoms with E-state index in [1.54, 1.807) is 0 Å². The van der Waals surface area contributed by atoms with E-state index in [1.165, 1.54) is 27.8 Å². The van der Waals surface area contributed by atoms with E-state index < -0.39 is 0 Å². The highest BCUT2D eigenvalue weighted by molar-refractivity contribution is 7.12. The number of nitrogens with one attached hydrogen (secondary N) is 1. The molecule has 0 aliphatic carbocycles. The number of thiophene rings is 1. The summed E-state index contributed by atoms with van der Waals surface area (Å²) < 4.78 is 0. The Morgan fingerprint density at radius 2 is 1.89 bits per heavy atom. The van der Waals surface area contributed by atoms with Gasteiger partial charge in [0.15, 0.2) is 0 Å². The summed E-state index contributed by atoms with van der Waals surface area (Å²) >= 11 is 1.51. The number of carbonyl (C=O) groups excluding carboxylic acids is 1. The van der Waals surface area contributed by atoms with Crippen LogP contribution in [0.5, 0.6) is 0 Å². The van der Waals surface area contributed by atoms with Crippen LogP contribution in [0.4, 0.5) is 0 Å². The molecule has 0 saturated carbocycles. The van der Waals surface area contributed by atoms with Crippen molar-refractivity contribution in [2.75, 3.05) is 6.54 Å². The van der Waals surface area contributed by atoms with Gasteiger partial charge in [0, 0.05) is 23.1 Å². The van der Waals surface area contributed by atoms with E-state index in [0.717, 1.165) is 34.6 Å². The number of para-hydroxylation sites is 1. The van der Waals surface area contributed by atoms with Gasteiger partial charge in [-0.3, -0.25) is 4.79 Å². The fourth-order valence-corrected chi connectivity index (χ4v) is 4.78. The molecule has 4 aromatic rings. The van der Waals surface area contributed by atoms with Gasteiger partial charge in [-0.05, 0) is 42.0 Å². The monoisotopic (exact) mass is 372 g/mol. The molecule has 2 aromatic carbocycles. The van der Waals surface area contributed by atoms with Gasteiger partial charge in [0.2, 0.25) is 0 Å². The minimum absolute atomic E-state index is 0.0867. The van der Waals surface area contributed by atoms with Gasteiger partial charge < -0.3 is 9.88 Å². The fourth-order valence-electron chi connectivity index (χ4n) is 4.10. The van der Waals surface area contributed by atoms with Crippen molar-refractivity contribution in [3.8, 4) is 0 Å². The van der Waals surface area contributed by atoms with Gasteiger partial charge >= 0.3 is 0 Å². The molecule has 1 N–H and O–H groups in total. The summed E-state index contributed by atoms with van der Waals surface area (Å²) in [4.78, 5) is 19.7. The van der Waals surface area contributed by atoms with Crippen molar-refractivity contribution in [2.45, 2.75) is 19.4 Å². The molecule has 27 heavy (non-hydrogen) atoms. The van der Waals surface area contributed by atoms with Gasteiger partial charge in [0.25, 0.3) is 5.91 Å². The quantitative estimate of drug-likeness (QED) is 0.507. The molecular formula is C23H20N2OS. The van der Waals surface area contributed by atoms with E-state index in [0.29, 0.717) is 0 Å². The Morgan fingerprint density at radius 3 is 2.67 bits per heavy atom. The number of amides is 1. The maximum absolute atomic E-state index is 13.3. The van der Waals surface area contributed by atoms with Crippen LogP contribution in [0.25, 0.3) is 10.9 Å². The van der Waals surface area contributed by atoms with Crippen LogP contribution in [0, 0.1) is 6.92 Å². The van der Waals surface area contributed by atoms with E-state index in [4.69, 9.17) is 0 Å². The van der Waals surface area contributed by atoms with Gasteiger partial charge in [0.1, 0.15) is 0 Å². The molecule has 1 unspecified atom stereocenters. The van der Waals surface area contributed by atoms with E-state index in [1.807, 2.05) is 22.4 Å². The lowest BCUT2D eigenvalue weighted by molar-refractivity contribution is 0.0697. The Balaban J connectivity index is 1.68. The molecular weight excluding hydrogens is 352 g/mol. The smallest absolute Gasteiger partial charge is 0.264 e. The van der Waals surface area contributed by atoms with Gasteiger partial charge in [-0.25, -0.2) is 0 Å². The molecule has 2 aromatic heterocycles. The van der Waals surface area contributed by atoms with Gasteiger partial charge in [-0.1, -0.05) is 54.1 Å². The van der Waals surface area contributed by atoms with Crippen LogP contribution >= 0.6 is 11.3 Å². The number of benzene rings is 2. The number of carbonyl (C=O) groups is 1. The first-order chi connectivity index (χ1) is 13.2. The minimum atomic E-state index is -0.0867. The number of hydrogen-bond acceptors (Lipinski definition) is 2. The zero-order chi connectivity index (χ0) is 18.4. The standard InChI is InChI=1S/C23H20N2OS/c1-15-8-10-16(11-9-15)22-21-18(17-5-2-3-6-19(17)24-21)12-13-25(22)23(26)20-7-4-14-27-20/h2-11,14,22,24H,12-13H2,1H3. The molecule has 1 amide bonds. The predicted molar refractivity (Wildman–Crippen MR) is 110 cm³/mol. The number of aromatic nitrogens is 1. The Morgan fingerprint density at radius 1 is 1.07 bits per heavy atom. The first-order valence-electron chi connectivity index (χ1n) is 9.23. The molecule has 0 saturated heterocycles. The molecule has 0 fully saturated rings. The van der Waals surface area contributed by atoms with E-state index >= 15 is 0 Å². The summed E-state index contributed by atoms with van der Waals surface area (Å²) in [5.74, 6) is 0.111. The molecule has 0 spiro atoms. The largest absolute Gasteiger partial charge is 0.356 e. The van der Waals surface area contributed by atoms with Crippen molar-refractivity contribution < 1.29 is 4.79 Å². The van der Waals surface area contributed by atoms with Crippen LogP contribution in [-0.2, 0) is 6.42 Å². The van der Waals surface area contributed by atoms with E-state index in [2.05, 4.69) is 60.4 Å². The summed E-state index contributed by atoms with van der Waals surface area (Å²) in [6, 6.07) is 20.7. The lowest BCUT2D eigenvalue weighted by Gasteiger charge is -2.36. The summed E-state index contributed by atoms with van der Waals surface area (Å²) in [5, 5.41) is 3.24. The molecule has 4 heteroatoms. The number of fused-ring (bicyclic) bond motifs is 3.